The van der Waals surface area contributed by atoms with Gasteiger partial charge in [-0.2, -0.15) is 0 Å². The molecule has 2 aromatic carbocycles. The molecule has 0 radical (unpaired) electrons. The second-order valence-electron chi connectivity index (χ2n) is 8.81. The zero-order valence-electron chi connectivity index (χ0n) is 20.5. The molecular weight excluding hydrogens is 485 g/mol. The molecule has 2 N–H and O–H groups in total. The lowest BCUT2D eigenvalue weighted by atomic mass is 10.1. The number of hydrogen-bond donors (Lipinski definition) is 2. The maximum atomic E-state index is 14.3. The van der Waals surface area contributed by atoms with Gasteiger partial charge in [-0.15, -0.1) is 0 Å². The molecule has 0 aliphatic heterocycles. The number of aromatic nitrogens is 2. The molecule has 8 nitrogen and oxygen atoms in total. The minimum absolute atomic E-state index is 0.296. The summed E-state index contributed by atoms with van der Waals surface area (Å²) < 4.78 is 25.8. The fraction of sp³-hybridized carbons (Fsp3) is 0.346. The van der Waals surface area contributed by atoms with E-state index in [9.17, 15) is 9.18 Å². The number of fused-ring (bicyclic) bond motifs is 1. The van der Waals surface area contributed by atoms with Crippen molar-refractivity contribution in [2.24, 2.45) is 5.92 Å². The highest BCUT2D eigenvalue weighted by atomic mass is 35.5. The Morgan fingerprint density at radius 3 is 2.69 bits per heavy atom. The van der Waals surface area contributed by atoms with Gasteiger partial charge in [-0.05, 0) is 70.1 Å². The van der Waals surface area contributed by atoms with Crippen molar-refractivity contribution in [2.75, 3.05) is 44.5 Å². The largest absolute Gasteiger partial charge is 0.492 e. The van der Waals surface area contributed by atoms with Crippen LogP contribution in [0.2, 0.25) is 5.02 Å². The summed E-state index contributed by atoms with van der Waals surface area (Å²) in [5, 5.41) is 6.95. The molecule has 4 rings (SSSR count). The standard InChI is InChI=1S/C26H29ClFN5O3/c1-4-35-24-13-21-18(12-22(24)32-26(34)20(28)9-10-33(2)3)25(30-15-29-21)31-17-7-8-23(19(27)11-17)36-14-16-5-6-16/h7-9,11-13,15-16H,4-6,10,14H2,1-3H3,(H,32,34)(H,29,30,31)/b20-9+. The minimum Gasteiger partial charge on any atom is -0.492 e. The average Bonchev–Trinajstić information content (AvgIpc) is 3.67. The molecule has 0 saturated heterocycles. The van der Waals surface area contributed by atoms with Gasteiger partial charge in [-0.25, -0.2) is 14.4 Å². The quantitative estimate of drug-likeness (QED) is 0.324. The number of halogens is 2. The lowest BCUT2D eigenvalue weighted by molar-refractivity contribution is -0.114. The van der Waals surface area contributed by atoms with Gasteiger partial charge >= 0.3 is 0 Å². The van der Waals surface area contributed by atoms with Crippen LogP contribution >= 0.6 is 11.6 Å². The molecule has 1 saturated carbocycles. The zero-order chi connectivity index (χ0) is 25.7. The van der Waals surface area contributed by atoms with Gasteiger partial charge in [0, 0.05) is 23.7 Å². The van der Waals surface area contributed by atoms with Gasteiger partial charge in [0.15, 0.2) is 5.83 Å². The molecule has 3 aromatic rings. The third kappa shape index (κ3) is 6.61. The summed E-state index contributed by atoms with van der Waals surface area (Å²) in [6, 6.07) is 8.78. The van der Waals surface area contributed by atoms with Crippen molar-refractivity contribution in [3.05, 3.63) is 53.6 Å². The van der Waals surface area contributed by atoms with Crippen LogP contribution < -0.4 is 20.1 Å². The van der Waals surface area contributed by atoms with Gasteiger partial charge in [0.2, 0.25) is 0 Å². The van der Waals surface area contributed by atoms with Crippen molar-refractivity contribution in [2.45, 2.75) is 19.8 Å². The molecule has 1 heterocycles. The van der Waals surface area contributed by atoms with Crippen molar-refractivity contribution < 1.29 is 18.7 Å². The number of nitrogens with one attached hydrogen (secondary N) is 2. The van der Waals surface area contributed by atoms with Gasteiger partial charge in [0.05, 0.1) is 29.4 Å². The summed E-state index contributed by atoms with van der Waals surface area (Å²) >= 11 is 6.42. The molecule has 10 heteroatoms. The Hall–Kier alpha value is -3.43. The van der Waals surface area contributed by atoms with Gasteiger partial charge in [-0.3, -0.25) is 4.79 Å². The lowest BCUT2D eigenvalue weighted by Gasteiger charge is -2.15. The summed E-state index contributed by atoms with van der Waals surface area (Å²) in [4.78, 5) is 22.9. The maximum absolute atomic E-state index is 14.3. The second-order valence-corrected chi connectivity index (χ2v) is 9.22. The Morgan fingerprint density at radius 1 is 1.19 bits per heavy atom. The maximum Gasteiger partial charge on any atom is 0.284 e. The van der Waals surface area contributed by atoms with Crippen molar-refractivity contribution >= 4 is 45.6 Å². The highest BCUT2D eigenvalue weighted by Crippen LogP contribution is 2.36. The Kier molecular flexibility index (Phi) is 8.22. The monoisotopic (exact) mass is 513 g/mol. The van der Waals surface area contributed by atoms with Crippen LogP contribution in [0.3, 0.4) is 0 Å². The highest BCUT2D eigenvalue weighted by Gasteiger charge is 2.22. The van der Waals surface area contributed by atoms with Gasteiger partial charge < -0.3 is 25.0 Å². The fourth-order valence-electron chi connectivity index (χ4n) is 3.42. The number of hydrogen-bond acceptors (Lipinski definition) is 7. The SMILES string of the molecule is CCOc1cc2ncnc(Nc3ccc(OCC4CC4)c(Cl)c3)c2cc1NC(=O)/C(F)=C\CN(C)C. The number of carbonyl (C=O) groups is 1. The second kappa shape index (κ2) is 11.5. The van der Waals surface area contributed by atoms with Crippen LogP contribution in [0.25, 0.3) is 10.9 Å². The smallest absolute Gasteiger partial charge is 0.284 e. The van der Waals surface area contributed by atoms with E-state index in [0.717, 1.165) is 0 Å². The van der Waals surface area contributed by atoms with Crippen molar-refractivity contribution in [1.82, 2.24) is 14.9 Å². The molecule has 190 valence electrons. The van der Waals surface area contributed by atoms with Gasteiger partial charge in [0.1, 0.15) is 23.6 Å². The predicted molar refractivity (Wildman–Crippen MR) is 140 cm³/mol. The Labute approximate surface area is 214 Å². The number of anilines is 3. The van der Waals surface area contributed by atoms with E-state index in [4.69, 9.17) is 21.1 Å². The van der Waals surface area contributed by atoms with E-state index in [-0.39, 0.29) is 0 Å². The summed E-state index contributed by atoms with van der Waals surface area (Å²) in [5.41, 5.74) is 1.60. The lowest BCUT2D eigenvalue weighted by Crippen LogP contribution is -2.16. The molecule has 0 unspecified atom stereocenters. The van der Waals surface area contributed by atoms with Crippen LogP contribution in [0, 0.1) is 5.92 Å². The van der Waals surface area contributed by atoms with E-state index in [2.05, 4.69) is 20.6 Å². The summed E-state index contributed by atoms with van der Waals surface area (Å²) in [7, 11) is 3.57. The predicted octanol–water partition coefficient (Wildman–Crippen LogP) is 5.57. The average molecular weight is 514 g/mol. The summed E-state index contributed by atoms with van der Waals surface area (Å²) in [6.07, 6.45) is 5.04. The Balaban J connectivity index is 1.60. The van der Waals surface area contributed by atoms with Crippen LogP contribution in [-0.2, 0) is 4.79 Å². The zero-order valence-corrected chi connectivity index (χ0v) is 21.2. The normalized spacial score (nSPS) is 13.7. The molecule has 1 aliphatic carbocycles. The molecule has 0 spiro atoms. The molecule has 1 amide bonds. The topological polar surface area (TPSA) is 88.6 Å². The van der Waals surface area contributed by atoms with E-state index in [0.29, 0.717) is 70.3 Å². The van der Waals surface area contributed by atoms with Gasteiger partial charge in [0.25, 0.3) is 5.91 Å². The van der Waals surface area contributed by atoms with E-state index >= 15 is 0 Å². The van der Waals surface area contributed by atoms with Crippen LogP contribution in [-0.4, -0.2) is 54.6 Å². The van der Waals surface area contributed by atoms with Crippen LogP contribution in [0.1, 0.15) is 19.8 Å². The minimum atomic E-state index is -0.882. The van der Waals surface area contributed by atoms with E-state index in [1.54, 1.807) is 37.2 Å². The third-order valence-electron chi connectivity index (χ3n) is 5.50. The van der Waals surface area contributed by atoms with Crippen LogP contribution in [0.5, 0.6) is 11.5 Å². The van der Waals surface area contributed by atoms with E-state index in [1.807, 2.05) is 19.1 Å². The summed E-state index contributed by atoms with van der Waals surface area (Å²) in [5.74, 6) is 0.384. The van der Waals surface area contributed by atoms with Crippen molar-refractivity contribution in [1.29, 1.82) is 0 Å². The molecule has 1 aliphatic rings. The Morgan fingerprint density at radius 2 is 2.00 bits per heavy atom. The molecule has 1 aromatic heterocycles. The molecule has 0 bridgehead atoms. The van der Waals surface area contributed by atoms with Crippen molar-refractivity contribution in [3.63, 3.8) is 0 Å². The van der Waals surface area contributed by atoms with Gasteiger partial charge in [-0.1, -0.05) is 11.6 Å². The molecule has 36 heavy (non-hydrogen) atoms. The molecule has 1 fully saturated rings. The number of amides is 1. The van der Waals surface area contributed by atoms with E-state index < -0.39 is 11.7 Å². The molecular formula is C26H29ClFN5O3. The Bertz CT molecular complexity index is 1280. The first-order valence-electron chi connectivity index (χ1n) is 11.8. The number of ether oxygens (including phenoxy) is 2. The first kappa shape index (κ1) is 25.7. The number of nitrogens with zero attached hydrogens (tertiary/aromatic N) is 3. The summed E-state index contributed by atoms with van der Waals surface area (Å²) in [6.45, 7) is 3.15. The number of carbonyl (C=O) groups excluding carboxylic acids is 1. The van der Waals surface area contributed by atoms with Crippen LogP contribution in [0.4, 0.5) is 21.6 Å². The van der Waals surface area contributed by atoms with E-state index in [1.165, 1.54) is 25.2 Å². The fourth-order valence-corrected chi connectivity index (χ4v) is 3.65. The first-order valence-corrected chi connectivity index (χ1v) is 12.1. The highest BCUT2D eigenvalue weighted by molar-refractivity contribution is 6.32. The number of rotatable bonds is 11. The first-order chi connectivity index (χ1) is 17.3. The third-order valence-corrected chi connectivity index (χ3v) is 5.80. The molecule has 0 atom stereocenters. The number of benzene rings is 2. The van der Waals surface area contributed by atoms with Crippen LogP contribution in [0.15, 0.2) is 48.6 Å². The van der Waals surface area contributed by atoms with Crippen molar-refractivity contribution in [3.8, 4) is 11.5 Å². The number of likely N-dealkylation sites (N-methyl/N-ethyl adjacent to an activating group) is 1.